The minimum absolute atomic E-state index is 0.137. The van der Waals surface area contributed by atoms with Gasteiger partial charge in [-0.25, -0.2) is 4.79 Å². The minimum atomic E-state index is -4.64. The Kier molecular flexibility index (Phi) is 6.52. The first kappa shape index (κ1) is 23.4. The number of hydrogen-bond acceptors (Lipinski definition) is 4. The van der Waals surface area contributed by atoms with E-state index in [2.05, 4.69) is 4.74 Å². The van der Waals surface area contributed by atoms with E-state index in [0.717, 1.165) is 24.1 Å². The third kappa shape index (κ3) is 5.08. The number of ether oxygens (including phenoxy) is 2. The number of carbonyl (C=O) groups is 1. The quantitative estimate of drug-likeness (QED) is 0.573. The highest BCUT2D eigenvalue weighted by Gasteiger charge is 2.49. The summed E-state index contributed by atoms with van der Waals surface area (Å²) in [5.41, 5.74) is -0.257. The number of fused-ring (bicyclic) bond motifs is 2. The van der Waals surface area contributed by atoms with E-state index >= 15 is 0 Å². The average molecular weight is 467 g/mol. The summed E-state index contributed by atoms with van der Waals surface area (Å²) >= 11 is 0. The van der Waals surface area contributed by atoms with Crippen LogP contribution in [-0.2, 0) is 16.9 Å². The van der Waals surface area contributed by atoms with E-state index in [4.69, 9.17) is 4.74 Å². The minimum Gasteiger partial charge on any atom is -0.445 e. The van der Waals surface area contributed by atoms with Crippen molar-refractivity contribution in [1.29, 1.82) is 0 Å². The topological polar surface area (TPSA) is 59.0 Å². The molecule has 9 heteroatoms. The highest BCUT2D eigenvalue weighted by Crippen LogP contribution is 2.45. The van der Waals surface area contributed by atoms with Crippen molar-refractivity contribution < 1.29 is 36.9 Å². The zero-order valence-electron chi connectivity index (χ0n) is 17.8. The summed E-state index contributed by atoms with van der Waals surface area (Å²) in [5.74, 6) is -0.457. The molecule has 0 aliphatic carbocycles. The van der Waals surface area contributed by atoms with Crippen LogP contribution in [0.1, 0.15) is 43.2 Å². The van der Waals surface area contributed by atoms with Crippen molar-refractivity contribution in [1.82, 2.24) is 4.90 Å². The SMILES string of the molecule is O=C(OCc1ccccc1)N1C2CCCC1CC(O)(c1cccc(OC(F)(F)C(F)F)c1)C2. The molecule has 5 nitrogen and oxygen atoms in total. The lowest BCUT2D eigenvalue weighted by molar-refractivity contribution is -0.253. The summed E-state index contributed by atoms with van der Waals surface area (Å²) < 4.78 is 61.4. The fourth-order valence-electron chi connectivity index (χ4n) is 4.81. The van der Waals surface area contributed by atoms with Crippen LogP contribution in [0.15, 0.2) is 54.6 Å². The van der Waals surface area contributed by atoms with E-state index in [1.165, 1.54) is 6.07 Å². The van der Waals surface area contributed by atoms with E-state index in [1.807, 2.05) is 30.3 Å². The molecular formula is C24H25F4NO4. The van der Waals surface area contributed by atoms with Crippen molar-refractivity contribution >= 4 is 6.09 Å². The van der Waals surface area contributed by atoms with Crippen LogP contribution in [-0.4, -0.2) is 40.7 Å². The fraction of sp³-hybridized carbons (Fsp3) is 0.458. The van der Waals surface area contributed by atoms with E-state index in [1.54, 1.807) is 11.0 Å². The largest absolute Gasteiger partial charge is 0.461 e. The summed E-state index contributed by atoms with van der Waals surface area (Å²) in [5, 5.41) is 11.4. The molecular weight excluding hydrogens is 442 g/mol. The maximum absolute atomic E-state index is 13.3. The number of benzene rings is 2. The van der Waals surface area contributed by atoms with Gasteiger partial charge in [-0.1, -0.05) is 42.5 Å². The third-order valence-electron chi connectivity index (χ3n) is 6.30. The van der Waals surface area contributed by atoms with Gasteiger partial charge in [0.1, 0.15) is 12.4 Å². The Morgan fingerprint density at radius 1 is 1.09 bits per heavy atom. The number of aliphatic hydroxyl groups is 1. The van der Waals surface area contributed by atoms with Gasteiger partial charge >= 0.3 is 18.6 Å². The van der Waals surface area contributed by atoms with Crippen LogP contribution < -0.4 is 4.74 Å². The fourth-order valence-corrected chi connectivity index (χ4v) is 4.81. The molecule has 2 saturated heterocycles. The lowest BCUT2D eigenvalue weighted by Crippen LogP contribution is -2.58. The maximum Gasteiger partial charge on any atom is 0.461 e. The van der Waals surface area contributed by atoms with Gasteiger partial charge in [-0.3, -0.25) is 0 Å². The molecule has 178 valence electrons. The maximum atomic E-state index is 13.3. The van der Waals surface area contributed by atoms with Crippen molar-refractivity contribution in [3.05, 3.63) is 65.7 Å². The van der Waals surface area contributed by atoms with Gasteiger partial charge in [-0.05, 0) is 42.5 Å². The Balaban J connectivity index is 1.48. The van der Waals surface area contributed by atoms with Crippen LogP contribution in [0.2, 0.25) is 0 Å². The van der Waals surface area contributed by atoms with E-state index < -0.39 is 30.0 Å². The number of halogens is 4. The van der Waals surface area contributed by atoms with E-state index in [-0.39, 0.29) is 31.5 Å². The van der Waals surface area contributed by atoms with E-state index in [9.17, 15) is 27.5 Å². The van der Waals surface area contributed by atoms with Crippen molar-refractivity contribution in [2.75, 3.05) is 0 Å². The number of piperidine rings is 2. The standard InChI is InChI=1S/C24H25F4NO4/c25-21(26)24(27,28)33-20-11-4-8-17(12-20)23(31)13-18-9-5-10-19(14-23)29(18)22(30)32-15-16-6-2-1-3-7-16/h1-4,6-8,11-12,18-19,21,31H,5,9-10,13-15H2. The second kappa shape index (κ2) is 9.21. The molecule has 2 fully saturated rings. The molecule has 2 atom stereocenters. The van der Waals surface area contributed by atoms with Gasteiger partial charge in [0.15, 0.2) is 0 Å². The second-order valence-corrected chi connectivity index (χ2v) is 8.62. The van der Waals surface area contributed by atoms with Crippen LogP contribution in [0.25, 0.3) is 0 Å². The Morgan fingerprint density at radius 3 is 2.39 bits per heavy atom. The first-order valence-corrected chi connectivity index (χ1v) is 10.8. The number of amides is 1. The van der Waals surface area contributed by atoms with Crippen molar-refractivity contribution in [2.24, 2.45) is 0 Å². The highest BCUT2D eigenvalue weighted by atomic mass is 19.3. The Bertz CT molecular complexity index is 958. The van der Waals surface area contributed by atoms with Gasteiger partial charge in [0, 0.05) is 24.9 Å². The van der Waals surface area contributed by atoms with Crippen LogP contribution in [0.5, 0.6) is 5.75 Å². The summed E-state index contributed by atoms with van der Waals surface area (Å²) in [6.07, 6.45) is -6.49. The first-order chi connectivity index (χ1) is 15.7. The van der Waals surface area contributed by atoms with Crippen LogP contribution in [0.4, 0.5) is 22.4 Å². The zero-order valence-corrected chi connectivity index (χ0v) is 17.8. The Labute approximate surface area is 188 Å². The van der Waals surface area contributed by atoms with E-state index in [0.29, 0.717) is 18.4 Å². The normalized spacial score (nSPS) is 25.1. The molecule has 2 bridgehead atoms. The smallest absolute Gasteiger partial charge is 0.445 e. The molecule has 1 amide bonds. The summed E-state index contributed by atoms with van der Waals surface area (Å²) in [4.78, 5) is 14.5. The van der Waals surface area contributed by atoms with Crippen LogP contribution in [0.3, 0.4) is 0 Å². The number of nitrogens with zero attached hydrogens (tertiary/aromatic N) is 1. The number of alkyl halides is 4. The Hall–Kier alpha value is -2.81. The van der Waals surface area contributed by atoms with Crippen molar-refractivity contribution in [2.45, 2.75) is 68.9 Å². The van der Waals surface area contributed by atoms with Gasteiger partial charge in [0.25, 0.3) is 0 Å². The molecule has 0 saturated carbocycles. The molecule has 2 unspecified atom stereocenters. The lowest BCUT2D eigenvalue weighted by Gasteiger charge is -2.51. The van der Waals surface area contributed by atoms with Gasteiger partial charge in [0.05, 0.1) is 5.60 Å². The predicted molar refractivity (Wildman–Crippen MR) is 111 cm³/mol. The molecule has 33 heavy (non-hydrogen) atoms. The average Bonchev–Trinajstić information content (AvgIpc) is 2.77. The number of hydrogen-bond donors (Lipinski definition) is 1. The molecule has 4 rings (SSSR count). The number of carbonyl (C=O) groups excluding carboxylic acids is 1. The first-order valence-electron chi connectivity index (χ1n) is 10.8. The van der Waals surface area contributed by atoms with Crippen molar-refractivity contribution in [3.8, 4) is 5.75 Å². The summed E-state index contributed by atoms with van der Waals surface area (Å²) in [6, 6.07) is 13.9. The molecule has 0 radical (unpaired) electrons. The Morgan fingerprint density at radius 2 is 1.76 bits per heavy atom. The van der Waals surface area contributed by atoms with Crippen LogP contribution >= 0.6 is 0 Å². The molecule has 0 aromatic heterocycles. The zero-order chi connectivity index (χ0) is 23.6. The molecule has 2 aromatic carbocycles. The predicted octanol–water partition coefficient (Wildman–Crippen LogP) is 5.46. The molecule has 2 aliphatic heterocycles. The summed E-state index contributed by atoms with van der Waals surface area (Å²) in [6.45, 7) is 0.137. The molecule has 0 spiro atoms. The molecule has 1 N–H and O–H groups in total. The second-order valence-electron chi connectivity index (χ2n) is 8.62. The lowest BCUT2D eigenvalue weighted by atomic mass is 9.72. The van der Waals surface area contributed by atoms with Gasteiger partial charge in [-0.15, -0.1) is 0 Å². The van der Waals surface area contributed by atoms with Crippen molar-refractivity contribution in [3.63, 3.8) is 0 Å². The molecule has 2 heterocycles. The molecule has 2 aromatic rings. The number of rotatable bonds is 6. The summed E-state index contributed by atoms with van der Waals surface area (Å²) in [7, 11) is 0. The van der Waals surface area contributed by atoms with Gasteiger partial charge < -0.3 is 19.5 Å². The third-order valence-corrected chi connectivity index (χ3v) is 6.30. The highest BCUT2D eigenvalue weighted by molar-refractivity contribution is 5.69. The van der Waals surface area contributed by atoms with Crippen LogP contribution in [0, 0.1) is 0 Å². The molecule has 2 aliphatic rings. The van der Waals surface area contributed by atoms with Gasteiger partial charge in [-0.2, -0.15) is 17.6 Å². The van der Waals surface area contributed by atoms with Gasteiger partial charge in [0.2, 0.25) is 0 Å². The monoisotopic (exact) mass is 467 g/mol.